The molecule has 2 heterocycles. The number of rotatable bonds is 3. The van der Waals surface area contributed by atoms with Gasteiger partial charge in [0.05, 0.1) is 12.9 Å². The summed E-state index contributed by atoms with van der Waals surface area (Å²) in [4.78, 5) is 3.78. The Morgan fingerprint density at radius 1 is 1.65 bits per heavy atom. The van der Waals surface area contributed by atoms with Crippen molar-refractivity contribution in [3.8, 4) is 0 Å². The minimum atomic E-state index is -3.67. The summed E-state index contributed by atoms with van der Waals surface area (Å²) in [6.07, 6.45) is 2.79. The van der Waals surface area contributed by atoms with Crippen molar-refractivity contribution in [1.29, 1.82) is 0 Å². The molecular formula is C9H16N4O3S. The zero-order valence-corrected chi connectivity index (χ0v) is 10.4. The van der Waals surface area contributed by atoms with Crippen molar-refractivity contribution in [2.24, 2.45) is 7.05 Å². The van der Waals surface area contributed by atoms with Crippen molar-refractivity contribution in [3.05, 3.63) is 6.33 Å². The van der Waals surface area contributed by atoms with Crippen LogP contribution in [0.4, 0.5) is 5.82 Å². The SMILES string of the molecule is Cn1cnc(N)c1S(=O)(=O)N1CCC[C@@H]1CO. The van der Waals surface area contributed by atoms with Crippen molar-refractivity contribution in [2.75, 3.05) is 18.9 Å². The van der Waals surface area contributed by atoms with Gasteiger partial charge in [-0.05, 0) is 12.8 Å². The minimum absolute atomic E-state index is 0.00199. The van der Waals surface area contributed by atoms with Crippen LogP contribution in [-0.2, 0) is 17.1 Å². The second kappa shape index (κ2) is 4.28. The predicted molar refractivity (Wildman–Crippen MR) is 61.6 cm³/mol. The average molecular weight is 260 g/mol. The summed E-state index contributed by atoms with van der Waals surface area (Å²) < 4.78 is 27.5. The monoisotopic (exact) mass is 260 g/mol. The number of hydrogen-bond donors (Lipinski definition) is 2. The lowest BCUT2D eigenvalue weighted by Gasteiger charge is -2.22. The maximum atomic E-state index is 12.4. The van der Waals surface area contributed by atoms with Gasteiger partial charge >= 0.3 is 0 Å². The van der Waals surface area contributed by atoms with Crippen LogP contribution in [0.15, 0.2) is 11.4 Å². The number of aliphatic hydroxyl groups excluding tert-OH is 1. The number of sulfonamides is 1. The average Bonchev–Trinajstić information content (AvgIpc) is 2.85. The second-order valence-corrected chi connectivity index (χ2v) is 5.95. The number of hydrogen-bond acceptors (Lipinski definition) is 5. The molecule has 1 saturated heterocycles. The molecule has 0 saturated carbocycles. The second-order valence-electron chi connectivity index (χ2n) is 4.14. The van der Waals surface area contributed by atoms with Gasteiger partial charge in [0, 0.05) is 19.6 Å². The van der Waals surface area contributed by atoms with E-state index in [1.807, 2.05) is 0 Å². The van der Waals surface area contributed by atoms with Crippen LogP contribution >= 0.6 is 0 Å². The standard InChI is InChI=1S/C9H16N4O3S/c1-12-6-11-8(10)9(12)17(15,16)13-4-2-3-7(13)5-14/h6-7,14H,2-5,10H2,1H3/t7-/m1/s1. The molecule has 0 bridgehead atoms. The summed E-state index contributed by atoms with van der Waals surface area (Å²) in [5, 5.41) is 9.17. The Balaban J connectivity index is 2.43. The molecule has 0 aromatic carbocycles. The largest absolute Gasteiger partial charge is 0.395 e. The molecule has 1 fully saturated rings. The number of imidazole rings is 1. The molecule has 3 N–H and O–H groups in total. The summed E-state index contributed by atoms with van der Waals surface area (Å²) >= 11 is 0. The maximum absolute atomic E-state index is 12.4. The molecule has 0 radical (unpaired) electrons. The van der Waals surface area contributed by atoms with E-state index in [0.717, 1.165) is 6.42 Å². The van der Waals surface area contributed by atoms with Gasteiger partial charge in [0.1, 0.15) is 0 Å². The predicted octanol–water partition coefficient (Wildman–Crippen LogP) is -0.852. The molecular weight excluding hydrogens is 244 g/mol. The molecule has 0 amide bonds. The van der Waals surface area contributed by atoms with Crippen molar-refractivity contribution < 1.29 is 13.5 Å². The molecule has 7 nitrogen and oxygen atoms in total. The van der Waals surface area contributed by atoms with Gasteiger partial charge in [-0.2, -0.15) is 4.31 Å². The molecule has 8 heteroatoms. The van der Waals surface area contributed by atoms with Crippen LogP contribution in [0, 0.1) is 0 Å². The third-order valence-electron chi connectivity index (χ3n) is 3.00. The zero-order chi connectivity index (χ0) is 12.6. The molecule has 1 aliphatic rings. The first-order valence-corrected chi connectivity index (χ1v) is 6.82. The van der Waals surface area contributed by atoms with E-state index in [4.69, 9.17) is 5.73 Å². The molecule has 17 heavy (non-hydrogen) atoms. The number of nitrogens with two attached hydrogens (primary N) is 1. The Bertz CT molecular complexity index is 491. The normalized spacial score (nSPS) is 22.1. The van der Waals surface area contributed by atoms with Gasteiger partial charge in [-0.1, -0.05) is 0 Å². The van der Waals surface area contributed by atoms with Crippen molar-refractivity contribution in [3.63, 3.8) is 0 Å². The fourth-order valence-electron chi connectivity index (χ4n) is 2.17. The van der Waals surface area contributed by atoms with Gasteiger partial charge in [-0.25, -0.2) is 13.4 Å². The highest BCUT2D eigenvalue weighted by Crippen LogP contribution is 2.27. The molecule has 1 aromatic heterocycles. The lowest BCUT2D eigenvalue weighted by atomic mass is 10.2. The highest BCUT2D eigenvalue weighted by atomic mass is 32.2. The van der Waals surface area contributed by atoms with Gasteiger partial charge in [-0.3, -0.25) is 0 Å². The lowest BCUT2D eigenvalue weighted by molar-refractivity contribution is 0.213. The first kappa shape index (κ1) is 12.3. The fraction of sp³-hybridized carbons (Fsp3) is 0.667. The van der Waals surface area contributed by atoms with Gasteiger partial charge in [-0.15, -0.1) is 0 Å². The minimum Gasteiger partial charge on any atom is -0.395 e. The van der Waals surface area contributed by atoms with Crippen LogP contribution in [0.2, 0.25) is 0 Å². The van der Waals surface area contributed by atoms with Crippen LogP contribution in [0.3, 0.4) is 0 Å². The topological polar surface area (TPSA) is 101 Å². The third kappa shape index (κ3) is 1.92. The molecule has 1 aliphatic heterocycles. The quantitative estimate of drug-likeness (QED) is 0.737. The van der Waals surface area contributed by atoms with Crippen molar-refractivity contribution in [2.45, 2.75) is 23.9 Å². The summed E-state index contributed by atoms with van der Waals surface area (Å²) in [6, 6.07) is -0.353. The van der Waals surface area contributed by atoms with E-state index in [0.29, 0.717) is 13.0 Å². The number of aryl methyl sites for hydroxylation is 1. The van der Waals surface area contributed by atoms with E-state index in [1.165, 1.54) is 15.2 Å². The molecule has 1 aromatic rings. The van der Waals surface area contributed by atoms with Crippen LogP contribution < -0.4 is 5.73 Å². The number of nitrogens with zero attached hydrogens (tertiary/aromatic N) is 3. The highest BCUT2D eigenvalue weighted by molar-refractivity contribution is 7.89. The maximum Gasteiger partial charge on any atom is 0.262 e. The van der Waals surface area contributed by atoms with E-state index < -0.39 is 10.0 Å². The lowest BCUT2D eigenvalue weighted by Crippen LogP contribution is -2.38. The van der Waals surface area contributed by atoms with Gasteiger partial charge < -0.3 is 15.4 Å². The summed E-state index contributed by atoms with van der Waals surface area (Å²) in [5.74, 6) is -0.00362. The van der Waals surface area contributed by atoms with E-state index >= 15 is 0 Å². The summed E-state index contributed by atoms with van der Waals surface area (Å²) in [6.45, 7) is 0.245. The zero-order valence-electron chi connectivity index (χ0n) is 9.57. The first-order valence-electron chi connectivity index (χ1n) is 5.38. The van der Waals surface area contributed by atoms with E-state index in [1.54, 1.807) is 7.05 Å². The van der Waals surface area contributed by atoms with E-state index in [9.17, 15) is 13.5 Å². The Hall–Kier alpha value is -1.12. The Labute approximate surface area is 99.9 Å². The van der Waals surface area contributed by atoms with Crippen LogP contribution in [-0.4, -0.2) is 46.6 Å². The van der Waals surface area contributed by atoms with E-state index in [2.05, 4.69) is 4.98 Å². The number of aliphatic hydroxyl groups is 1. The van der Waals surface area contributed by atoms with Gasteiger partial charge in [0.25, 0.3) is 10.0 Å². The van der Waals surface area contributed by atoms with Gasteiger partial charge in [0.15, 0.2) is 10.8 Å². The molecule has 2 rings (SSSR count). The Kier molecular flexibility index (Phi) is 3.11. The number of anilines is 1. The molecule has 0 spiro atoms. The molecule has 0 unspecified atom stereocenters. The highest BCUT2D eigenvalue weighted by Gasteiger charge is 2.37. The summed E-state index contributed by atoms with van der Waals surface area (Å²) in [5.41, 5.74) is 5.58. The van der Waals surface area contributed by atoms with Gasteiger partial charge in [0.2, 0.25) is 0 Å². The Morgan fingerprint density at radius 2 is 2.35 bits per heavy atom. The van der Waals surface area contributed by atoms with Crippen LogP contribution in [0.25, 0.3) is 0 Å². The fourth-order valence-corrected chi connectivity index (χ4v) is 4.05. The van der Waals surface area contributed by atoms with E-state index in [-0.39, 0.29) is 23.5 Å². The van der Waals surface area contributed by atoms with Crippen molar-refractivity contribution >= 4 is 15.8 Å². The van der Waals surface area contributed by atoms with Crippen molar-refractivity contribution in [1.82, 2.24) is 13.9 Å². The molecule has 96 valence electrons. The summed E-state index contributed by atoms with van der Waals surface area (Å²) in [7, 11) is -2.09. The third-order valence-corrected chi connectivity index (χ3v) is 5.08. The number of nitrogen functional groups attached to an aromatic ring is 1. The first-order chi connectivity index (χ1) is 7.98. The van der Waals surface area contributed by atoms with Crippen LogP contribution in [0.1, 0.15) is 12.8 Å². The molecule has 1 atom stereocenters. The smallest absolute Gasteiger partial charge is 0.262 e. The number of aromatic nitrogens is 2. The molecule has 0 aliphatic carbocycles. The Morgan fingerprint density at radius 3 is 2.88 bits per heavy atom. The van der Waals surface area contributed by atoms with Crippen LogP contribution in [0.5, 0.6) is 0 Å².